The van der Waals surface area contributed by atoms with E-state index in [4.69, 9.17) is 9.47 Å². The van der Waals surface area contributed by atoms with Crippen molar-refractivity contribution in [2.45, 2.75) is 18.6 Å². The van der Waals surface area contributed by atoms with Gasteiger partial charge in [-0.3, -0.25) is 9.36 Å². The highest BCUT2D eigenvalue weighted by atomic mass is 32.2. The molecule has 30 heavy (non-hydrogen) atoms. The first kappa shape index (κ1) is 21.4. The molecule has 1 N–H and O–H groups in total. The fourth-order valence-corrected chi connectivity index (χ4v) is 3.68. The number of methoxy groups -OCH3 is 2. The van der Waals surface area contributed by atoms with Gasteiger partial charge in [-0.25, -0.2) is 0 Å². The van der Waals surface area contributed by atoms with Gasteiger partial charge in [-0.15, -0.1) is 16.8 Å². The standard InChI is InChI=1S/C22H24N4O3S/c1-5-11-26-21(16-8-6-7-15(2)12-16)24-25-22(26)30-14-20(27)23-17-9-10-18(28-3)19(13-17)29-4/h5-10,12-13H,1,11,14H2,2-4H3,(H,23,27). The molecule has 156 valence electrons. The van der Waals surface area contributed by atoms with Crippen LogP contribution in [-0.4, -0.2) is 40.6 Å². The Kier molecular flexibility index (Phi) is 7.13. The number of aromatic nitrogens is 3. The second kappa shape index (κ2) is 9.98. The van der Waals surface area contributed by atoms with Crippen molar-refractivity contribution >= 4 is 23.4 Å². The molecule has 0 aliphatic rings. The van der Waals surface area contributed by atoms with E-state index in [-0.39, 0.29) is 11.7 Å². The first-order valence-corrected chi connectivity index (χ1v) is 10.3. The number of aryl methyl sites for hydroxylation is 1. The van der Waals surface area contributed by atoms with E-state index in [1.165, 1.54) is 11.8 Å². The third-order valence-electron chi connectivity index (χ3n) is 4.30. The number of benzene rings is 2. The third-order valence-corrected chi connectivity index (χ3v) is 5.27. The van der Waals surface area contributed by atoms with Crippen LogP contribution < -0.4 is 14.8 Å². The van der Waals surface area contributed by atoms with Crippen LogP contribution in [0.25, 0.3) is 11.4 Å². The lowest BCUT2D eigenvalue weighted by molar-refractivity contribution is -0.113. The molecule has 1 heterocycles. The van der Waals surface area contributed by atoms with Gasteiger partial charge in [-0.05, 0) is 25.1 Å². The number of thioether (sulfide) groups is 1. The van der Waals surface area contributed by atoms with Crippen molar-refractivity contribution < 1.29 is 14.3 Å². The van der Waals surface area contributed by atoms with Gasteiger partial charge in [0.15, 0.2) is 22.5 Å². The molecule has 0 fully saturated rings. The van der Waals surface area contributed by atoms with E-state index in [1.54, 1.807) is 38.5 Å². The molecule has 2 aromatic carbocycles. The molecule has 0 bridgehead atoms. The molecule has 1 aromatic heterocycles. The van der Waals surface area contributed by atoms with Crippen molar-refractivity contribution in [1.29, 1.82) is 0 Å². The SMILES string of the molecule is C=CCn1c(SCC(=O)Nc2ccc(OC)c(OC)c2)nnc1-c1cccc(C)c1. The van der Waals surface area contributed by atoms with Crippen molar-refractivity contribution in [3.05, 3.63) is 60.7 Å². The molecule has 0 aliphatic carbocycles. The highest BCUT2D eigenvalue weighted by Crippen LogP contribution is 2.30. The van der Waals surface area contributed by atoms with Gasteiger partial charge in [-0.1, -0.05) is 41.6 Å². The molecule has 0 saturated heterocycles. The number of carbonyl (C=O) groups is 1. The summed E-state index contributed by atoms with van der Waals surface area (Å²) in [5.74, 6) is 1.94. The van der Waals surface area contributed by atoms with Gasteiger partial charge in [0.2, 0.25) is 5.91 Å². The zero-order valence-electron chi connectivity index (χ0n) is 17.2. The van der Waals surface area contributed by atoms with Crippen molar-refractivity contribution in [2.75, 3.05) is 25.3 Å². The smallest absolute Gasteiger partial charge is 0.234 e. The Morgan fingerprint density at radius 2 is 1.97 bits per heavy atom. The molecule has 0 saturated carbocycles. The van der Waals surface area contributed by atoms with E-state index >= 15 is 0 Å². The molecule has 0 unspecified atom stereocenters. The Morgan fingerprint density at radius 1 is 1.17 bits per heavy atom. The number of nitrogens with zero attached hydrogens (tertiary/aromatic N) is 3. The van der Waals surface area contributed by atoms with Crippen LogP contribution in [0, 0.1) is 6.92 Å². The predicted molar refractivity (Wildman–Crippen MR) is 119 cm³/mol. The van der Waals surface area contributed by atoms with Crippen LogP contribution >= 0.6 is 11.8 Å². The predicted octanol–water partition coefficient (Wildman–Crippen LogP) is 4.19. The van der Waals surface area contributed by atoms with Crippen LogP contribution in [0.2, 0.25) is 0 Å². The molecule has 0 spiro atoms. The summed E-state index contributed by atoms with van der Waals surface area (Å²) in [7, 11) is 3.12. The van der Waals surface area contributed by atoms with Crippen molar-refractivity contribution in [1.82, 2.24) is 14.8 Å². The molecular weight excluding hydrogens is 400 g/mol. The first-order chi connectivity index (χ1) is 14.5. The fraction of sp³-hybridized carbons (Fsp3) is 0.227. The molecule has 0 radical (unpaired) electrons. The number of amides is 1. The van der Waals surface area contributed by atoms with Gasteiger partial charge in [0, 0.05) is 23.9 Å². The summed E-state index contributed by atoms with van der Waals surface area (Å²) in [6, 6.07) is 13.3. The van der Waals surface area contributed by atoms with Gasteiger partial charge in [-0.2, -0.15) is 0 Å². The third kappa shape index (κ3) is 5.01. The Morgan fingerprint density at radius 3 is 2.67 bits per heavy atom. The minimum absolute atomic E-state index is 0.155. The molecule has 7 nitrogen and oxygen atoms in total. The molecule has 1 amide bonds. The van der Waals surface area contributed by atoms with Gasteiger partial charge < -0.3 is 14.8 Å². The number of anilines is 1. The molecule has 3 aromatic rings. The number of ether oxygens (including phenoxy) is 2. The highest BCUT2D eigenvalue weighted by Gasteiger charge is 2.15. The van der Waals surface area contributed by atoms with E-state index in [9.17, 15) is 4.79 Å². The molecule has 8 heteroatoms. The maximum atomic E-state index is 12.4. The first-order valence-electron chi connectivity index (χ1n) is 9.31. The van der Waals surface area contributed by atoms with Crippen molar-refractivity contribution in [3.8, 4) is 22.9 Å². The quantitative estimate of drug-likeness (QED) is 0.410. The number of allylic oxidation sites excluding steroid dienone is 1. The second-order valence-electron chi connectivity index (χ2n) is 6.48. The van der Waals surface area contributed by atoms with E-state index in [0.717, 1.165) is 17.0 Å². The Balaban J connectivity index is 1.71. The molecule has 0 atom stereocenters. The van der Waals surface area contributed by atoms with Gasteiger partial charge in [0.05, 0.1) is 20.0 Å². The van der Waals surface area contributed by atoms with Crippen molar-refractivity contribution in [2.24, 2.45) is 0 Å². The average Bonchev–Trinajstić information content (AvgIpc) is 3.15. The Hall–Kier alpha value is -3.26. The summed E-state index contributed by atoms with van der Waals surface area (Å²) in [6.07, 6.45) is 1.79. The van der Waals surface area contributed by atoms with Crippen LogP contribution in [-0.2, 0) is 11.3 Å². The van der Waals surface area contributed by atoms with Crippen LogP contribution in [0.4, 0.5) is 5.69 Å². The lowest BCUT2D eigenvalue weighted by Crippen LogP contribution is -2.14. The summed E-state index contributed by atoms with van der Waals surface area (Å²) >= 11 is 1.33. The second-order valence-corrected chi connectivity index (χ2v) is 7.42. The maximum Gasteiger partial charge on any atom is 0.234 e. The van der Waals surface area contributed by atoms with Crippen LogP contribution in [0.1, 0.15) is 5.56 Å². The van der Waals surface area contributed by atoms with E-state index in [1.807, 2.05) is 29.7 Å². The Bertz CT molecular complexity index is 1050. The topological polar surface area (TPSA) is 78.3 Å². The minimum atomic E-state index is -0.155. The zero-order valence-corrected chi connectivity index (χ0v) is 18.0. The maximum absolute atomic E-state index is 12.4. The van der Waals surface area contributed by atoms with Crippen molar-refractivity contribution in [3.63, 3.8) is 0 Å². The summed E-state index contributed by atoms with van der Waals surface area (Å²) in [4.78, 5) is 12.4. The van der Waals surface area contributed by atoms with E-state index < -0.39 is 0 Å². The number of hydrogen-bond acceptors (Lipinski definition) is 6. The highest BCUT2D eigenvalue weighted by molar-refractivity contribution is 7.99. The van der Waals surface area contributed by atoms with Crippen LogP contribution in [0.5, 0.6) is 11.5 Å². The number of hydrogen-bond donors (Lipinski definition) is 1. The number of carbonyl (C=O) groups excluding carboxylic acids is 1. The van der Waals surface area contributed by atoms with Gasteiger partial charge in [0.1, 0.15) is 0 Å². The monoisotopic (exact) mass is 424 g/mol. The average molecular weight is 425 g/mol. The zero-order chi connectivity index (χ0) is 21.5. The Labute approximate surface area is 180 Å². The van der Waals surface area contributed by atoms with Gasteiger partial charge in [0.25, 0.3) is 0 Å². The molecule has 3 rings (SSSR count). The minimum Gasteiger partial charge on any atom is -0.493 e. The summed E-state index contributed by atoms with van der Waals surface area (Å²) < 4.78 is 12.4. The largest absolute Gasteiger partial charge is 0.493 e. The number of rotatable bonds is 9. The lowest BCUT2D eigenvalue weighted by Gasteiger charge is -2.11. The summed E-state index contributed by atoms with van der Waals surface area (Å²) in [5, 5.41) is 12.1. The van der Waals surface area contributed by atoms with E-state index in [2.05, 4.69) is 28.2 Å². The normalized spacial score (nSPS) is 10.5. The molecule has 0 aliphatic heterocycles. The summed E-state index contributed by atoms with van der Waals surface area (Å²) in [5.41, 5.74) is 2.75. The lowest BCUT2D eigenvalue weighted by atomic mass is 10.1. The van der Waals surface area contributed by atoms with Crippen LogP contribution in [0.3, 0.4) is 0 Å². The summed E-state index contributed by atoms with van der Waals surface area (Å²) in [6.45, 7) is 6.41. The van der Waals surface area contributed by atoms with Crippen LogP contribution in [0.15, 0.2) is 60.3 Å². The fourth-order valence-electron chi connectivity index (χ4n) is 2.93. The molecular formula is C22H24N4O3S. The van der Waals surface area contributed by atoms with E-state index in [0.29, 0.717) is 28.9 Å². The van der Waals surface area contributed by atoms with Gasteiger partial charge >= 0.3 is 0 Å². The number of nitrogens with one attached hydrogen (secondary N) is 1.